The molecule has 0 bridgehead atoms. The molecule has 1 fully saturated rings. The van der Waals surface area contributed by atoms with Crippen molar-refractivity contribution in [1.29, 1.82) is 0 Å². The van der Waals surface area contributed by atoms with E-state index < -0.39 is 15.8 Å². The maximum Gasteiger partial charge on any atom is 0.246 e. The van der Waals surface area contributed by atoms with Crippen molar-refractivity contribution in [2.75, 3.05) is 31.6 Å². The molecule has 0 radical (unpaired) electrons. The summed E-state index contributed by atoms with van der Waals surface area (Å²) in [6.45, 7) is 4.83. The molecule has 158 valence electrons. The Bertz CT molecular complexity index is 1020. The van der Waals surface area contributed by atoms with Gasteiger partial charge in [-0.3, -0.25) is 9.48 Å². The molecular weight excluding hydrogens is 423 g/mol. The van der Waals surface area contributed by atoms with Gasteiger partial charge in [-0.15, -0.1) is 0 Å². The van der Waals surface area contributed by atoms with Crippen LogP contribution in [0.5, 0.6) is 0 Å². The van der Waals surface area contributed by atoms with Gasteiger partial charge in [-0.05, 0) is 32.0 Å². The first-order chi connectivity index (χ1) is 13.7. The van der Waals surface area contributed by atoms with Crippen molar-refractivity contribution >= 4 is 33.2 Å². The summed E-state index contributed by atoms with van der Waals surface area (Å²) in [5, 5.41) is 6.85. The second kappa shape index (κ2) is 8.78. The summed E-state index contributed by atoms with van der Waals surface area (Å²) >= 11 is 5.71. The fraction of sp³-hybridized carbons (Fsp3) is 0.444. The third-order valence-corrected chi connectivity index (χ3v) is 7.08. The average molecular weight is 445 g/mol. The van der Waals surface area contributed by atoms with E-state index in [2.05, 4.69) is 10.4 Å². The first-order valence-corrected chi connectivity index (χ1v) is 10.9. The summed E-state index contributed by atoms with van der Waals surface area (Å²) in [6, 6.07) is 3.91. The highest BCUT2D eigenvalue weighted by Gasteiger charge is 2.32. The molecule has 1 N–H and O–H groups in total. The molecule has 1 saturated heterocycles. The fourth-order valence-electron chi connectivity index (χ4n) is 3.19. The fourth-order valence-corrected chi connectivity index (χ4v) is 5.15. The standard InChI is InChI=1S/C18H22ClFN4O4S/c1-12-18(29(26,27)23-7-9-28-10-8-23)13(2)24(22-12)6-5-17(25)21-14-3-4-16(20)15(19)11-14/h3-4,11H,5-10H2,1-2H3,(H,21,25). The molecule has 11 heteroatoms. The second-order valence-electron chi connectivity index (χ2n) is 6.67. The topological polar surface area (TPSA) is 93.5 Å². The van der Waals surface area contributed by atoms with E-state index >= 15 is 0 Å². The van der Waals surface area contributed by atoms with Crippen molar-refractivity contribution < 1.29 is 22.3 Å². The molecular formula is C18H22ClFN4O4S. The quantitative estimate of drug-likeness (QED) is 0.738. The smallest absolute Gasteiger partial charge is 0.246 e. The van der Waals surface area contributed by atoms with E-state index in [0.29, 0.717) is 43.4 Å². The minimum Gasteiger partial charge on any atom is -0.379 e. The summed E-state index contributed by atoms with van der Waals surface area (Å²) in [5.41, 5.74) is 1.25. The molecule has 1 aliphatic heterocycles. The van der Waals surface area contributed by atoms with Gasteiger partial charge in [0.2, 0.25) is 15.9 Å². The maximum atomic E-state index is 13.2. The van der Waals surface area contributed by atoms with Crippen LogP contribution in [0.4, 0.5) is 10.1 Å². The van der Waals surface area contributed by atoms with Gasteiger partial charge in [-0.2, -0.15) is 9.40 Å². The van der Waals surface area contributed by atoms with Gasteiger partial charge in [0.1, 0.15) is 10.7 Å². The number of halogens is 2. The van der Waals surface area contributed by atoms with E-state index in [9.17, 15) is 17.6 Å². The molecule has 2 heterocycles. The average Bonchev–Trinajstić information content (AvgIpc) is 2.97. The Balaban J connectivity index is 1.69. The number of anilines is 1. The van der Waals surface area contributed by atoms with Crippen LogP contribution in [0, 0.1) is 19.7 Å². The molecule has 0 aliphatic carbocycles. The molecule has 1 aliphatic rings. The SMILES string of the molecule is Cc1nn(CCC(=O)Nc2ccc(F)c(Cl)c2)c(C)c1S(=O)(=O)N1CCOCC1. The van der Waals surface area contributed by atoms with Crippen molar-refractivity contribution in [2.24, 2.45) is 0 Å². The number of hydrogen-bond donors (Lipinski definition) is 1. The molecule has 0 atom stereocenters. The van der Waals surface area contributed by atoms with Gasteiger partial charge in [-0.25, -0.2) is 12.8 Å². The Hall–Kier alpha value is -2.01. The van der Waals surface area contributed by atoms with Crippen molar-refractivity contribution in [1.82, 2.24) is 14.1 Å². The lowest BCUT2D eigenvalue weighted by molar-refractivity contribution is -0.116. The number of benzene rings is 1. The Morgan fingerprint density at radius 2 is 2.00 bits per heavy atom. The van der Waals surface area contributed by atoms with Crippen molar-refractivity contribution in [3.05, 3.63) is 40.4 Å². The van der Waals surface area contributed by atoms with Crippen LogP contribution in [0.3, 0.4) is 0 Å². The van der Waals surface area contributed by atoms with Gasteiger partial charge >= 0.3 is 0 Å². The van der Waals surface area contributed by atoms with E-state index in [1.807, 2.05) is 0 Å². The molecule has 0 saturated carbocycles. The van der Waals surface area contributed by atoms with Crippen molar-refractivity contribution in [3.63, 3.8) is 0 Å². The molecule has 1 amide bonds. The number of hydrogen-bond acceptors (Lipinski definition) is 5. The molecule has 3 rings (SSSR count). The van der Waals surface area contributed by atoms with Crippen LogP contribution in [0.25, 0.3) is 0 Å². The third kappa shape index (κ3) is 4.77. The first kappa shape index (κ1) is 21.7. The molecule has 29 heavy (non-hydrogen) atoms. The van der Waals surface area contributed by atoms with E-state index in [0.717, 1.165) is 0 Å². The predicted molar refractivity (Wildman–Crippen MR) is 106 cm³/mol. The van der Waals surface area contributed by atoms with E-state index in [4.69, 9.17) is 16.3 Å². The second-order valence-corrected chi connectivity index (χ2v) is 8.95. The number of nitrogens with zero attached hydrogens (tertiary/aromatic N) is 3. The number of rotatable bonds is 6. The number of amides is 1. The predicted octanol–water partition coefficient (Wildman–Crippen LogP) is 2.34. The molecule has 8 nitrogen and oxygen atoms in total. The highest BCUT2D eigenvalue weighted by molar-refractivity contribution is 7.89. The summed E-state index contributed by atoms with van der Waals surface area (Å²) in [4.78, 5) is 12.4. The molecule has 1 aromatic heterocycles. The number of ether oxygens (including phenoxy) is 1. The summed E-state index contributed by atoms with van der Waals surface area (Å²) in [5.74, 6) is -0.890. The maximum absolute atomic E-state index is 13.2. The summed E-state index contributed by atoms with van der Waals surface area (Å²) in [6.07, 6.45) is 0.0635. The largest absolute Gasteiger partial charge is 0.379 e. The minimum absolute atomic E-state index is 0.0635. The number of carbonyl (C=O) groups excluding carboxylic acids is 1. The van der Waals surface area contributed by atoms with E-state index in [1.165, 1.54) is 27.2 Å². The Morgan fingerprint density at radius 1 is 1.31 bits per heavy atom. The lowest BCUT2D eigenvalue weighted by atomic mass is 10.3. The minimum atomic E-state index is -3.68. The van der Waals surface area contributed by atoms with Crippen LogP contribution in [0.2, 0.25) is 5.02 Å². The molecule has 0 unspecified atom stereocenters. The van der Waals surface area contributed by atoms with Crippen LogP contribution in [0.15, 0.2) is 23.1 Å². The van der Waals surface area contributed by atoms with E-state index in [-0.39, 0.29) is 28.8 Å². The number of nitrogens with one attached hydrogen (secondary N) is 1. The van der Waals surface area contributed by atoms with Gasteiger partial charge in [0, 0.05) is 25.2 Å². The normalized spacial score (nSPS) is 15.4. The van der Waals surface area contributed by atoms with Crippen LogP contribution < -0.4 is 5.32 Å². The van der Waals surface area contributed by atoms with Gasteiger partial charge < -0.3 is 10.1 Å². The number of aryl methyl sites for hydroxylation is 2. The monoisotopic (exact) mass is 444 g/mol. The van der Waals surface area contributed by atoms with Crippen molar-refractivity contribution in [2.45, 2.75) is 31.7 Å². The van der Waals surface area contributed by atoms with Gasteiger partial charge in [0.05, 0.1) is 36.2 Å². The number of sulfonamides is 1. The highest BCUT2D eigenvalue weighted by atomic mass is 35.5. The lowest BCUT2D eigenvalue weighted by Gasteiger charge is -2.26. The van der Waals surface area contributed by atoms with Crippen LogP contribution in [0.1, 0.15) is 17.8 Å². The molecule has 2 aromatic rings. The Labute approximate surface area is 173 Å². The summed E-state index contributed by atoms with van der Waals surface area (Å²) in [7, 11) is -3.68. The van der Waals surface area contributed by atoms with E-state index in [1.54, 1.807) is 13.8 Å². The zero-order valence-corrected chi connectivity index (χ0v) is 17.7. The highest BCUT2D eigenvalue weighted by Crippen LogP contribution is 2.24. The number of morpholine rings is 1. The van der Waals surface area contributed by atoms with Gasteiger partial charge in [0.25, 0.3) is 0 Å². The van der Waals surface area contributed by atoms with Crippen LogP contribution >= 0.6 is 11.6 Å². The molecule has 0 spiro atoms. The van der Waals surface area contributed by atoms with Gasteiger partial charge in [0.15, 0.2) is 0 Å². The van der Waals surface area contributed by atoms with Crippen molar-refractivity contribution in [3.8, 4) is 0 Å². The summed E-state index contributed by atoms with van der Waals surface area (Å²) < 4.78 is 47.3. The van der Waals surface area contributed by atoms with Crippen LogP contribution in [-0.2, 0) is 26.1 Å². The zero-order valence-electron chi connectivity index (χ0n) is 16.1. The first-order valence-electron chi connectivity index (χ1n) is 9.07. The van der Waals surface area contributed by atoms with Crippen LogP contribution in [-0.4, -0.2) is 54.7 Å². The zero-order chi connectivity index (χ0) is 21.2. The Kier molecular flexibility index (Phi) is 6.57. The Morgan fingerprint density at radius 3 is 2.66 bits per heavy atom. The number of carbonyl (C=O) groups is 1. The third-order valence-electron chi connectivity index (χ3n) is 4.64. The number of aromatic nitrogens is 2. The molecule has 1 aromatic carbocycles. The lowest BCUT2D eigenvalue weighted by Crippen LogP contribution is -2.41. The van der Waals surface area contributed by atoms with Gasteiger partial charge in [-0.1, -0.05) is 11.6 Å².